The first-order valence-corrected chi connectivity index (χ1v) is 7.22. The summed E-state index contributed by atoms with van der Waals surface area (Å²) in [6.07, 6.45) is 9.04. The quantitative estimate of drug-likeness (QED) is 0.884. The van der Waals surface area contributed by atoms with E-state index in [2.05, 4.69) is 21.1 Å². The van der Waals surface area contributed by atoms with Crippen molar-refractivity contribution in [3.63, 3.8) is 0 Å². The average Bonchev–Trinajstić information content (AvgIpc) is 3.09. The molecule has 0 spiro atoms. The second-order valence-electron chi connectivity index (χ2n) is 5.55. The van der Waals surface area contributed by atoms with Crippen molar-refractivity contribution >= 4 is 0 Å². The predicted molar refractivity (Wildman–Crippen MR) is 70.6 cm³/mol. The number of aryl methyl sites for hydroxylation is 1. The van der Waals surface area contributed by atoms with Crippen molar-refractivity contribution in [3.8, 4) is 0 Å². The average molecular weight is 249 g/mol. The lowest BCUT2D eigenvalue weighted by molar-refractivity contribution is 0.183. The zero-order chi connectivity index (χ0) is 12.2. The number of nitrogens with one attached hydrogen (secondary N) is 1. The lowest BCUT2D eigenvalue weighted by atomic mass is 9.95. The summed E-state index contributed by atoms with van der Waals surface area (Å²) in [5.74, 6) is 1.46. The number of hydrogen-bond acceptors (Lipinski definition) is 3. The molecule has 100 valence electrons. The summed E-state index contributed by atoms with van der Waals surface area (Å²) in [6, 6.07) is 0. The van der Waals surface area contributed by atoms with E-state index in [0.717, 1.165) is 38.8 Å². The van der Waals surface area contributed by atoms with E-state index in [4.69, 9.17) is 4.74 Å². The normalized spacial score (nSPS) is 25.7. The molecule has 0 saturated carbocycles. The number of rotatable bonds is 4. The minimum Gasteiger partial charge on any atom is -0.381 e. The summed E-state index contributed by atoms with van der Waals surface area (Å²) in [6.45, 7) is 5.30. The minimum atomic E-state index is 0.702. The number of aromatic nitrogens is 2. The van der Waals surface area contributed by atoms with Crippen LogP contribution in [0.3, 0.4) is 0 Å². The van der Waals surface area contributed by atoms with Gasteiger partial charge >= 0.3 is 0 Å². The van der Waals surface area contributed by atoms with E-state index in [1.807, 2.05) is 6.33 Å². The molecule has 4 heteroatoms. The van der Waals surface area contributed by atoms with Gasteiger partial charge in [0.1, 0.15) is 0 Å². The molecule has 1 atom stereocenters. The van der Waals surface area contributed by atoms with Crippen LogP contribution in [0.2, 0.25) is 0 Å². The Hall–Kier alpha value is -0.870. The Morgan fingerprint density at radius 1 is 1.33 bits per heavy atom. The highest BCUT2D eigenvalue weighted by molar-refractivity contribution is 5.07. The molecule has 0 aromatic carbocycles. The third kappa shape index (κ3) is 2.75. The van der Waals surface area contributed by atoms with E-state index in [0.29, 0.717) is 5.92 Å². The summed E-state index contributed by atoms with van der Waals surface area (Å²) in [4.78, 5) is 4.35. The Labute approximate surface area is 109 Å². The van der Waals surface area contributed by atoms with Crippen LogP contribution in [0.4, 0.5) is 0 Å². The Morgan fingerprint density at radius 3 is 3.00 bits per heavy atom. The van der Waals surface area contributed by atoms with Crippen LogP contribution in [0.25, 0.3) is 0 Å². The maximum absolute atomic E-state index is 5.44. The second kappa shape index (κ2) is 5.85. The predicted octanol–water partition coefficient (Wildman–Crippen LogP) is 1.78. The molecule has 1 N–H and O–H groups in total. The Bertz CT molecular complexity index is 365. The molecule has 3 heterocycles. The number of ether oxygens (including phenoxy) is 1. The lowest BCUT2D eigenvalue weighted by Crippen LogP contribution is -2.27. The molecule has 3 rings (SSSR count). The second-order valence-corrected chi connectivity index (χ2v) is 5.55. The summed E-state index contributed by atoms with van der Waals surface area (Å²) in [7, 11) is 0. The van der Waals surface area contributed by atoms with Gasteiger partial charge < -0.3 is 14.6 Å². The molecule has 0 amide bonds. The van der Waals surface area contributed by atoms with Crippen molar-refractivity contribution < 1.29 is 4.74 Å². The van der Waals surface area contributed by atoms with Crippen LogP contribution in [0.15, 0.2) is 12.5 Å². The topological polar surface area (TPSA) is 39.1 Å². The lowest BCUT2D eigenvalue weighted by Gasteiger charge is -2.24. The maximum atomic E-state index is 5.44. The van der Waals surface area contributed by atoms with Crippen LogP contribution in [0.1, 0.15) is 37.3 Å². The molecule has 2 aliphatic heterocycles. The highest BCUT2D eigenvalue weighted by Gasteiger charge is 2.20. The van der Waals surface area contributed by atoms with Gasteiger partial charge in [-0.3, -0.25) is 0 Å². The molecule has 1 aromatic heterocycles. The van der Waals surface area contributed by atoms with Gasteiger partial charge in [0.15, 0.2) is 0 Å². The van der Waals surface area contributed by atoms with Crippen LogP contribution in [0, 0.1) is 5.92 Å². The number of hydrogen-bond donors (Lipinski definition) is 1. The largest absolute Gasteiger partial charge is 0.381 e. The summed E-state index contributed by atoms with van der Waals surface area (Å²) in [5, 5.41) is 3.43. The molecule has 0 bridgehead atoms. The van der Waals surface area contributed by atoms with Crippen LogP contribution in [-0.4, -0.2) is 35.9 Å². The van der Waals surface area contributed by atoms with E-state index < -0.39 is 0 Å². The van der Waals surface area contributed by atoms with Gasteiger partial charge in [-0.1, -0.05) is 0 Å². The molecule has 0 aliphatic carbocycles. The van der Waals surface area contributed by atoms with Crippen LogP contribution < -0.4 is 5.32 Å². The van der Waals surface area contributed by atoms with Gasteiger partial charge in [0.25, 0.3) is 0 Å². The molecule has 2 aliphatic rings. The Morgan fingerprint density at radius 2 is 2.22 bits per heavy atom. The first-order valence-electron chi connectivity index (χ1n) is 7.22. The molecular weight excluding hydrogens is 226 g/mol. The molecule has 0 radical (unpaired) electrons. The van der Waals surface area contributed by atoms with Crippen molar-refractivity contribution in [2.75, 3.05) is 26.3 Å². The van der Waals surface area contributed by atoms with E-state index >= 15 is 0 Å². The minimum absolute atomic E-state index is 0.702. The van der Waals surface area contributed by atoms with Gasteiger partial charge in [-0.15, -0.1) is 0 Å². The third-order valence-corrected chi connectivity index (χ3v) is 4.30. The van der Waals surface area contributed by atoms with E-state index in [1.54, 1.807) is 0 Å². The van der Waals surface area contributed by atoms with E-state index in [-0.39, 0.29) is 0 Å². The number of piperidine rings is 1. The fraction of sp³-hybridized carbons (Fsp3) is 0.786. The molecule has 4 nitrogen and oxygen atoms in total. The van der Waals surface area contributed by atoms with Crippen molar-refractivity contribution in [2.45, 2.75) is 38.1 Å². The molecule has 1 aromatic rings. The third-order valence-electron chi connectivity index (χ3n) is 4.30. The number of imidazole rings is 1. The van der Waals surface area contributed by atoms with Gasteiger partial charge in [-0.05, 0) is 44.7 Å². The van der Waals surface area contributed by atoms with E-state index in [1.165, 1.54) is 31.4 Å². The van der Waals surface area contributed by atoms with Gasteiger partial charge in [-0.2, -0.15) is 0 Å². The van der Waals surface area contributed by atoms with E-state index in [9.17, 15) is 0 Å². The van der Waals surface area contributed by atoms with Crippen molar-refractivity contribution in [2.24, 2.45) is 5.92 Å². The summed E-state index contributed by atoms with van der Waals surface area (Å²) < 4.78 is 7.81. The van der Waals surface area contributed by atoms with Crippen LogP contribution in [0.5, 0.6) is 0 Å². The Balaban J connectivity index is 1.59. The molecular formula is C14H23N3O. The zero-order valence-electron chi connectivity index (χ0n) is 11.0. The standard InChI is InChI=1S/C14H23N3O/c1-5-15-6-2-13(1)14-9-16-11-17(14)7-3-12-4-8-18-10-12/h9,11-13,15H,1-8,10H2. The molecule has 1 unspecified atom stereocenters. The Kier molecular flexibility index (Phi) is 3.96. The van der Waals surface area contributed by atoms with Crippen molar-refractivity contribution in [1.29, 1.82) is 0 Å². The molecule has 2 fully saturated rings. The van der Waals surface area contributed by atoms with Crippen LogP contribution in [-0.2, 0) is 11.3 Å². The molecule has 18 heavy (non-hydrogen) atoms. The summed E-state index contributed by atoms with van der Waals surface area (Å²) in [5.41, 5.74) is 1.44. The highest BCUT2D eigenvalue weighted by atomic mass is 16.5. The fourth-order valence-corrected chi connectivity index (χ4v) is 3.11. The SMILES string of the molecule is c1ncn(CCC2CCOC2)c1C1CCNCC1. The van der Waals surface area contributed by atoms with Crippen molar-refractivity contribution in [3.05, 3.63) is 18.2 Å². The van der Waals surface area contributed by atoms with Crippen molar-refractivity contribution in [1.82, 2.24) is 14.9 Å². The summed E-state index contributed by atoms with van der Waals surface area (Å²) >= 11 is 0. The van der Waals surface area contributed by atoms with Gasteiger partial charge in [-0.25, -0.2) is 4.98 Å². The highest BCUT2D eigenvalue weighted by Crippen LogP contribution is 2.26. The molecule has 2 saturated heterocycles. The number of nitrogens with zero attached hydrogens (tertiary/aromatic N) is 2. The van der Waals surface area contributed by atoms with Gasteiger partial charge in [0.2, 0.25) is 0 Å². The maximum Gasteiger partial charge on any atom is 0.0948 e. The van der Waals surface area contributed by atoms with Crippen LogP contribution >= 0.6 is 0 Å². The first kappa shape index (κ1) is 12.2. The monoisotopic (exact) mass is 249 g/mol. The smallest absolute Gasteiger partial charge is 0.0948 e. The first-order chi connectivity index (χ1) is 8.93. The van der Waals surface area contributed by atoms with Gasteiger partial charge in [0, 0.05) is 37.6 Å². The fourth-order valence-electron chi connectivity index (χ4n) is 3.11. The zero-order valence-corrected chi connectivity index (χ0v) is 11.0. The van der Waals surface area contributed by atoms with Gasteiger partial charge in [0.05, 0.1) is 6.33 Å².